The highest BCUT2D eigenvalue weighted by Gasteiger charge is 2.33. The van der Waals surface area contributed by atoms with E-state index in [2.05, 4.69) is 11.4 Å². The van der Waals surface area contributed by atoms with Crippen LogP contribution in [0.1, 0.15) is 43.5 Å². The summed E-state index contributed by atoms with van der Waals surface area (Å²) < 4.78 is 5.23. The SMILES string of the molecule is Cc1ccc2c(c1)C[C@H](O)[C@@H]2NC(=O)OC(C)(C)C. The molecular formula is C15H21NO3. The Morgan fingerprint density at radius 1 is 1.42 bits per heavy atom. The first kappa shape index (κ1) is 13.9. The van der Waals surface area contributed by atoms with Gasteiger partial charge in [-0.2, -0.15) is 0 Å². The molecule has 0 radical (unpaired) electrons. The normalized spacial score (nSPS) is 21.9. The lowest BCUT2D eigenvalue weighted by Crippen LogP contribution is -2.38. The quantitative estimate of drug-likeness (QED) is 0.818. The summed E-state index contributed by atoms with van der Waals surface area (Å²) in [6.07, 6.45) is -0.522. The predicted octanol–water partition coefficient (Wildman–Crippen LogP) is 2.48. The van der Waals surface area contributed by atoms with E-state index < -0.39 is 17.8 Å². The minimum absolute atomic E-state index is 0.384. The van der Waals surface area contributed by atoms with E-state index in [-0.39, 0.29) is 6.04 Å². The van der Waals surface area contributed by atoms with Crippen LogP contribution in [0.15, 0.2) is 18.2 Å². The maximum absolute atomic E-state index is 11.8. The minimum atomic E-state index is -0.593. The average Bonchev–Trinajstić information content (AvgIpc) is 2.51. The van der Waals surface area contributed by atoms with Crippen molar-refractivity contribution in [1.82, 2.24) is 5.32 Å². The number of fused-ring (bicyclic) bond motifs is 1. The molecule has 4 nitrogen and oxygen atoms in total. The van der Waals surface area contributed by atoms with Crippen LogP contribution in [-0.4, -0.2) is 22.9 Å². The standard InChI is InChI=1S/C15H21NO3/c1-9-5-6-11-10(7-9)8-12(17)13(11)16-14(18)19-15(2,3)4/h5-7,12-13,17H,8H2,1-4H3,(H,16,18)/t12-,13+/m0/s1. The van der Waals surface area contributed by atoms with Crippen LogP contribution in [0.25, 0.3) is 0 Å². The van der Waals surface area contributed by atoms with Crippen LogP contribution in [0, 0.1) is 6.92 Å². The van der Waals surface area contributed by atoms with E-state index in [1.807, 2.05) is 39.8 Å². The van der Waals surface area contributed by atoms with E-state index in [9.17, 15) is 9.90 Å². The summed E-state index contributed by atoms with van der Waals surface area (Å²) in [4.78, 5) is 11.8. The molecule has 0 saturated carbocycles. The molecule has 0 aliphatic heterocycles. The molecule has 1 aliphatic carbocycles. The number of benzene rings is 1. The van der Waals surface area contributed by atoms with E-state index >= 15 is 0 Å². The van der Waals surface area contributed by atoms with Gasteiger partial charge in [0, 0.05) is 6.42 Å². The van der Waals surface area contributed by atoms with Gasteiger partial charge in [-0.15, -0.1) is 0 Å². The maximum Gasteiger partial charge on any atom is 0.408 e. The molecule has 1 aliphatic rings. The molecule has 2 atom stereocenters. The van der Waals surface area contributed by atoms with Crippen LogP contribution >= 0.6 is 0 Å². The van der Waals surface area contributed by atoms with Gasteiger partial charge in [0.1, 0.15) is 5.60 Å². The lowest BCUT2D eigenvalue weighted by atomic mass is 10.1. The molecule has 0 heterocycles. The Morgan fingerprint density at radius 2 is 2.11 bits per heavy atom. The molecule has 0 fully saturated rings. The third-order valence-corrected chi connectivity index (χ3v) is 3.12. The van der Waals surface area contributed by atoms with Crippen LogP contribution in [0.4, 0.5) is 4.79 Å². The van der Waals surface area contributed by atoms with Gasteiger partial charge in [0.2, 0.25) is 0 Å². The molecular weight excluding hydrogens is 242 g/mol. The van der Waals surface area contributed by atoms with Crippen molar-refractivity contribution in [3.05, 3.63) is 34.9 Å². The van der Waals surface area contributed by atoms with Crippen molar-refractivity contribution in [3.8, 4) is 0 Å². The zero-order valence-corrected chi connectivity index (χ0v) is 11.9. The lowest BCUT2D eigenvalue weighted by molar-refractivity contribution is 0.0438. The van der Waals surface area contributed by atoms with Crippen molar-refractivity contribution in [2.45, 2.75) is 51.9 Å². The molecule has 1 aromatic rings. The lowest BCUT2D eigenvalue weighted by Gasteiger charge is -2.23. The van der Waals surface area contributed by atoms with E-state index in [0.717, 1.165) is 16.7 Å². The van der Waals surface area contributed by atoms with E-state index in [1.165, 1.54) is 0 Å². The summed E-state index contributed by atoms with van der Waals surface area (Å²) in [5.41, 5.74) is 2.69. The first-order valence-electron chi connectivity index (χ1n) is 6.53. The number of aryl methyl sites for hydroxylation is 1. The summed E-state index contributed by atoms with van der Waals surface area (Å²) in [5, 5.41) is 12.8. The van der Waals surface area contributed by atoms with Crippen LogP contribution in [0.2, 0.25) is 0 Å². The third-order valence-electron chi connectivity index (χ3n) is 3.12. The van der Waals surface area contributed by atoms with Crippen molar-refractivity contribution < 1.29 is 14.6 Å². The molecule has 0 aromatic heterocycles. The third kappa shape index (κ3) is 3.26. The Labute approximate surface area is 113 Å². The van der Waals surface area contributed by atoms with Gasteiger partial charge in [-0.3, -0.25) is 0 Å². The number of hydrogen-bond acceptors (Lipinski definition) is 3. The molecule has 104 valence electrons. The number of aliphatic hydroxyl groups excluding tert-OH is 1. The van der Waals surface area contributed by atoms with Gasteiger partial charge < -0.3 is 15.2 Å². The highest BCUT2D eigenvalue weighted by molar-refractivity contribution is 5.69. The van der Waals surface area contributed by atoms with Crippen LogP contribution in [-0.2, 0) is 11.2 Å². The Bertz CT molecular complexity index is 491. The number of aliphatic hydroxyl groups is 1. The van der Waals surface area contributed by atoms with Gasteiger partial charge in [0.05, 0.1) is 12.1 Å². The Kier molecular flexibility index (Phi) is 3.54. The summed E-state index contributed by atoms with van der Waals surface area (Å²) in [5.74, 6) is 0. The summed E-state index contributed by atoms with van der Waals surface area (Å²) in [6.45, 7) is 7.46. The highest BCUT2D eigenvalue weighted by Crippen LogP contribution is 2.32. The number of rotatable bonds is 1. The fraction of sp³-hybridized carbons (Fsp3) is 0.533. The van der Waals surface area contributed by atoms with E-state index in [4.69, 9.17) is 4.74 Å². The number of alkyl carbamates (subject to hydrolysis) is 1. The summed E-state index contributed by atoms with van der Waals surface area (Å²) >= 11 is 0. The summed E-state index contributed by atoms with van der Waals surface area (Å²) in [7, 11) is 0. The average molecular weight is 263 g/mol. The van der Waals surface area contributed by atoms with Gasteiger partial charge in [-0.05, 0) is 38.8 Å². The van der Waals surface area contributed by atoms with Crippen molar-refractivity contribution in [2.75, 3.05) is 0 Å². The molecule has 0 unspecified atom stereocenters. The van der Waals surface area contributed by atoms with Crippen molar-refractivity contribution in [1.29, 1.82) is 0 Å². The molecule has 0 spiro atoms. The van der Waals surface area contributed by atoms with Gasteiger partial charge in [-0.25, -0.2) is 4.79 Å². The molecule has 1 aromatic carbocycles. The van der Waals surface area contributed by atoms with Crippen molar-refractivity contribution in [2.24, 2.45) is 0 Å². The van der Waals surface area contributed by atoms with E-state index in [1.54, 1.807) is 0 Å². The zero-order valence-electron chi connectivity index (χ0n) is 11.9. The second-order valence-corrected chi connectivity index (χ2v) is 6.10. The van der Waals surface area contributed by atoms with Crippen molar-refractivity contribution >= 4 is 6.09 Å². The number of carbonyl (C=O) groups is 1. The monoisotopic (exact) mass is 263 g/mol. The predicted molar refractivity (Wildman–Crippen MR) is 73.0 cm³/mol. The second-order valence-electron chi connectivity index (χ2n) is 6.10. The molecule has 0 saturated heterocycles. The van der Waals surface area contributed by atoms with Gasteiger partial charge in [0.25, 0.3) is 0 Å². The number of carbonyl (C=O) groups excluding carboxylic acids is 1. The van der Waals surface area contributed by atoms with Gasteiger partial charge in [-0.1, -0.05) is 23.8 Å². The molecule has 2 N–H and O–H groups in total. The van der Waals surface area contributed by atoms with Crippen LogP contribution in [0.3, 0.4) is 0 Å². The first-order chi connectivity index (χ1) is 8.76. The molecule has 0 bridgehead atoms. The number of ether oxygens (including phenoxy) is 1. The smallest absolute Gasteiger partial charge is 0.408 e. The molecule has 4 heteroatoms. The first-order valence-corrected chi connectivity index (χ1v) is 6.53. The maximum atomic E-state index is 11.8. The van der Waals surface area contributed by atoms with Gasteiger partial charge >= 0.3 is 6.09 Å². The topological polar surface area (TPSA) is 58.6 Å². The Hall–Kier alpha value is -1.55. The zero-order chi connectivity index (χ0) is 14.2. The van der Waals surface area contributed by atoms with Crippen LogP contribution in [0.5, 0.6) is 0 Å². The fourth-order valence-corrected chi connectivity index (χ4v) is 2.37. The highest BCUT2D eigenvalue weighted by atomic mass is 16.6. The Balaban J connectivity index is 2.12. The number of hydrogen-bond donors (Lipinski definition) is 2. The largest absolute Gasteiger partial charge is 0.444 e. The van der Waals surface area contributed by atoms with E-state index in [0.29, 0.717) is 6.42 Å². The Morgan fingerprint density at radius 3 is 2.74 bits per heavy atom. The fourth-order valence-electron chi connectivity index (χ4n) is 2.37. The van der Waals surface area contributed by atoms with Crippen LogP contribution < -0.4 is 5.32 Å². The van der Waals surface area contributed by atoms with Crippen molar-refractivity contribution in [3.63, 3.8) is 0 Å². The molecule has 1 amide bonds. The summed E-state index contributed by atoms with van der Waals surface area (Å²) in [6, 6.07) is 5.62. The molecule has 19 heavy (non-hydrogen) atoms. The number of amides is 1. The molecule has 2 rings (SSSR count). The number of nitrogens with one attached hydrogen (secondary N) is 1. The second kappa shape index (κ2) is 4.85. The van der Waals surface area contributed by atoms with Gasteiger partial charge in [0.15, 0.2) is 0 Å². The minimum Gasteiger partial charge on any atom is -0.444 e.